The number of halogens is 2. The lowest BCUT2D eigenvalue weighted by Gasteiger charge is -2.08. The standard InChI is InChI=1S/C16H15BrClNO2/c17-9-12-1-3-13(4-2-12)10-19-16(20)11-21-15-7-5-14(18)6-8-15/h1-8H,9-11H2,(H,19,20). The maximum atomic E-state index is 11.7. The van der Waals surface area contributed by atoms with Crippen LogP contribution in [-0.4, -0.2) is 12.5 Å². The van der Waals surface area contributed by atoms with Gasteiger partial charge in [-0.15, -0.1) is 0 Å². The van der Waals surface area contributed by atoms with Gasteiger partial charge in [-0.1, -0.05) is 51.8 Å². The molecule has 0 saturated carbocycles. The van der Waals surface area contributed by atoms with Gasteiger partial charge < -0.3 is 10.1 Å². The highest BCUT2D eigenvalue weighted by Gasteiger charge is 2.03. The van der Waals surface area contributed by atoms with Gasteiger partial charge in [-0.3, -0.25) is 4.79 Å². The zero-order valence-corrected chi connectivity index (χ0v) is 13.7. The van der Waals surface area contributed by atoms with E-state index in [1.807, 2.05) is 24.3 Å². The van der Waals surface area contributed by atoms with E-state index in [1.54, 1.807) is 24.3 Å². The van der Waals surface area contributed by atoms with E-state index in [4.69, 9.17) is 16.3 Å². The summed E-state index contributed by atoms with van der Waals surface area (Å²) in [6.07, 6.45) is 0. The second kappa shape index (κ2) is 8.05. The zero-order valence-electron chi connectivity index (χ0n) is 11.3. The van der Waals surface area contributed by atoms with Crippen molar-refractivity contribution in [1.82, 2.24) is 5.32 Å². The van der Waals surface area contributed by atoms with Crippen LogP contribution >= 0.6 is 27.5 Å². The predicted molar refractivity (Wildman–Crippen MR) is 87.9 cm³/mol. The Morgan fingerprint density at radius 1 is 1.05 bits per heavy atom. The van der Waals surface area contributed by atoms with Crippen LogP contribution in [0.2, 0.25) is 5.02 Å². The maximum Gasteiger partial charge on any atom is 0.258 e. The third-order valence-electron chi connectivity index (χ3n) is 2.85. The van der Waals surface area contributed by atoms with E-state index in [0.29, 0.717) is 17.3 Å². The fourth-order valence-corrected chi connectivity index (χ4v) is 2.18. The highest BCUT2D eigenvalue weighted by atomic mass is 79.9. The smallest absolute Gasteiger partial charge is 0.258 e. The molecule has 5 heteroatoms. The van der Waals surface area contributed by atoms with Crippen molar-refractivity contribution in [2.24, 2.45) is 0 Å². The van der Waals surface area contributed by atoms with E-state index in [9.17, 15) is 4.79 Å². The number of carbonyl (C=O) groups excluding carboxylic acids is 1. The summed E-state index contributed by atoms with van der Waals surface area (Å²) in [7, 11) is 0. The minimum Gasteiger partial charge on any atom is -0.484 e. The number of amides is 1. The summed E-state index contributed by atoms with van der Waals surface area (Å²) < 4.78 is 5.37. The third kappa shape index (κ3) is 5.40. The Hall–Kier alpha value is -1.52. The van der Waals surface area contributed by atoms with E-state index < -0.39 is 0 Å². The fraction of sp³-hybridized carbons (Fsp3) is 0.188. The SMILES string of the molecule is O=C(COc1ccc(Cl)cc1)NCc1ccc(CBr)cc1. The van der Waals surface area contributed by atoms with Crippen molar-refractivity contribution in [3.63, 3.8) is 0 Å². The number of benzene rings is 2. The first-order valence-electron chi connectivity index (χ1n) is 6.46. The number of hydrogen-bond donors (Lipinski definition) is 1. The van der Waals surface area contributed by atoms with Gasteiger partial charge in [-0.05, 0) is 35.4 Å². The van der Waals surface area contributed by atoms with E-state index in [2.05, 4.69) is 21.2 Å². The second-order valence-corrected chi connectivity index (χ2v) is 5.47. The van der Waals surface area contributed by atoms with Crippen LogP contribution < -0.4 is 10.1 Å². The van der Waals surface area contributed by atoms with Gasteiger partial charge in [0.1, 0.15) is 5.75 Å². The molecule has 0 aromatic heterocycles. The highest BCUT2D eigenvalue weighted by Crippen LogP contribution is 2.15. The Kier molecular flexibility index (Phi) is 6.08. The molecular formula is C16H15BrClNO2. The molecule has 0 aliphatic rings. The molecule has 0 heterocycles. The number of rotatable bonds is 6. The van der Waals surface area contributed by atoms with Crippen molar-refractivity contribution in [3.05, 3.63) is 64.7 Å². The van der Waals surface area contributed by atoms with Crippen LogP contribution in [0.1, 0.15) is 11.1 Å². The maximum absolute atomic E-state index is 11.7. The van der Waals surface area contributed by atoms with Crippen LogP contribution in [0.3, 0.4) is 0 Å². The number of nitrogens with one attached hydrogen (secondary N) is 1. The molecule has 0 aliphatic carbocycles. The van der Waals surface area contributed by atoms with Crippen molar-refractivity contribution < 1.29 is 9.53 Å². The zero-order chi connectivity index (χ0) is 15.1. The molecule has 2 rings (SSSR count). The molecule has 0 unspecified atom stereocenters. The van der Waals surface area contributed by atoms with E-state index in [1.165, 1.54) is 5.56 Å². The summed E-state index contributed by atoms with van der Waals surface area (Å²) in [6, 6.07) is 15.0. The Labute approximate surface area is 137 Å². The van der Waals surface area contributed by atoms with Crippen LogP contribution in [0.25, 0.3) is 0 Å². The highest BCUT2D eigenvalue weighted by molar-refractivity contribution is 9.08. The van der Waals surface area contributed by atoms with Crippen molar-refractivity contribution in [2.75, 3.05) is 6.61 Å². The van der Waals surface area contributed by atoms with Crippen LogP contribution in [0.4, 0.5) is 0 Å². The van der Waals surface area contributed by atoms with Gasteiger partial charge in [0.15, 0.2) is 6.61 Å². The largest absolute Gasteiger partial charge is 0.484 e. The normalized spacial score (nSPS) is 10.2. The molecule has 1 amide bonds. The predicted octanol–water partition coefficient (Wildman–Crippen LogP) is 3.93. The van der Waals surface area contributed by atoms with Crippen molar-refractivity contribution >= 4 is 33.4 Å². The number of carbonyl (C=O) groups is 1. The molecule has 2 aromatic rings. The molecule has 0 atom stereocenters. The van der Waals surface area contributed by atoms with Gasteiger partial charge in [-0.25, -0.2) is 0 Å². The molecule has 0 saturated heterocycles. The summed E-state index contributed by atoms with van der Waals surface area (Å²) in [6.45, 7) is 0.479. The summed E-state index contributed by atoms with van der Waals surface area (Å²) in [4.78, 5) is 11.7. The fourth-order valence-electron chi connectivity index (χ4n) is 1.68. The summed E-state index contributed by atoms with van der Waals surface area (Å²) in [5.41, 5.74) is 2.26. The van der Waals surface area contributed by atoms with E-state index in [0.717, 1.165) is 10.9 Å². The Morgan fingerprint density at radius 2 is 1.67 bits per heavy atom. The van der Waals surface area contributed by atoms with Crippen molar-refractivity contribution in [3.8, 4) is 5.75 Å². The average molecular weight is 369 g/mol. The molecule has 110 valence electrons. The monoisotopic (exact) mass is 367 g/mol. The second-order valence-electron chi connectivity index (χ2n) is 4.47. The summed E-state index contributed by atoms with van der Waals surface area (Å²) >= 11 is 9.17. The molecule has 0 radical (unpaired) electrons. The molecule has 0 aliphatic heterocycles. The molecule has 0 bridgehead atoms. The topological polar surface area (TPSA) is 38.3 Å². The van der Waals surface area contributed by atoms with Gasteiger partial charge in [-0.2, -0.15) is 0 Å². The Morgan fingerprint density at radius 3 is 2.29 bits per heavy atom. The first-order valence-corrected chi connectivity index (χ1v) is 7.96. The number of ether oxygens (including phenoxy) is 1. The van der Waals surface area contributed by atoms with Crippen molar-refractivity contribution in [2.45, 2.75) is 11.9 Å². The first-order chi connectivity index (χ1) is 10.2. The molecule has 2 aromatic carbocycles. The third-order valence-corrected chi connectivity index (χ3v) is 3.75. The van der Waals surface area contributed by atoms with Gasteiger partial charge in [0.05, 0.1) is 0 Å². The Balaban J connectivity index is 1.75. The van der Waals surface area contributed by atoms with Crippen LogP contribution in [0.5, 0.6) is 5.75 Å². The van der Waals surface area contributed by atoms with Gasteiger partial charge >= 0.3 is 0 Å². The first kappa shape index (κ1) is 15.9. The lowest BCUT2D eigenvalue weighted by Crippen LogP contribution is -2.28. The molecule has 3 nitrogen and oxygen atoms in total. The minimum atomic E-state index is -0.158. The van der Waals surface area contributed by atoms with E-state index >= 15 is 0 Å². The van der Waals surface area contributed by atoms with E-state index in [-0.39, 0.29) is 12.5 Å². The number of hydrogen-bond acceptors (Lipinski definition) is 2. The molecular weight excluding hydrogens is 354 g/mol. The average Bonchev–Trinajstić information content (AvgIpc) is 2.53. The van der Waals surface area contributed by atoms with Gasteiger partial charge in [0.2, 0.25) is 0 Å². The summed E-state index contributed by atoms with van der Waals surface area (Å²) in [5.74, 6) is 0.464. The quantitative estimate of drug-likeness (QED) is 0.785. The summed E-state index contributed by atoms with van der Waals surface area (Å²) in [5, 5.41) is 4.28. The number of alkyl halides is 1. The van der Waals surface area contributed by atoms with Gasteiger partial charge in [0.25, 0.3) is 5.91 Å². The molecule has 0 fully saturated rings. The molecule has 0 spiro atoms. The van der Waals surface area contributed by atoms with Crippen LogP contribution in [0, 0.1) is 0 Å². The molecule has 21 heavy (non-hydrogen) atoms. The van der Waals surface area contributed by atoms with Crippen LogP contribution in [0.15, 0.2) is 48.5 Å². The van der Waals surface area contributed by atoms with Gasteiger partial charge in [0, 0.05) is 16.9 Å². The van der Waals surface area contributed by atoms with Crippen LogP contribution in [-0.2, 0) is 16.7 Å². The lowest BCUT2D eigenvalue weighted by molar-refractivity contribution is -0.123. The minimum absolute atomic E-state index is 0.0128. The Bertz CT molecular complexity index is 584. The molecule has 1 N–H and O–H groups in total. The lowest BCUT2D eigenvalue weighted by atomic mass is 10.1. The van der Waals surface area contributed by atoms with Crippen molar-refractivity contribution in [1.29, 1.82) is 0 Å².